The zero-order chi connectivity index (χ0) is 20.7. The van der Waals surface area contributed by atoms with E-state index in [2.05, 4.69) is 11.7 Å². The second-order valence-electron chi connectivity index (χ2n) is 9.36. The van der Waals surface area contributed by atoms with E-state index in [1.54, 1.807) is 0 Å². The van der Waals surface area contributed by atoms with Crippen LogP contribution in [0.4, 0.5) is 13.2 Å². The normalized spacial score (nSPS) is 28.3. The number of benzene rings is 1. The molecule has 0 aromatic heterocycles. The van der Waals surface area contributed by atoms with Crippen molar-refractivity contribution in [2.75, 3.05) is 0 Å². The average Bonchev–Trinajstić information content (AvgIpc) is 2.71. The van der Waals surface area contributed by atoms with Gasteiger partial charge in [-0.05, 0) is 79.9 Å². The van der Waals surface area contributed by atoms with Gasteiger partial charge in [0.05, 0.1) is 0 Å². The maximum absolute atomic E-state index is 12.3. The smallest absolute Gasteiger partial charge is 0.406 e. The van der Waals surface area contributed by atoms with Gasteiger partial charge < -0.3 is 4.74 Å². The van der Waals surface area contributed by atoms with E-state index in [1.165, 1.54) is 95.6 Å². The fourth-order valence-corrected chi connectivity index (χ4v) is 5.67. The standard InChI is InChI=1S/C25H37F3O/c1-2-3-4-5-6-19-7-9-20(10-8-19)21-11-13-22(14-12-21)23-15-17-24(18-16-23)29-25(26,27)28/h15-22H,2-14H2,1H3/t19-,20-,21?,22?. The van der Waals surface area contributed by atoms with E-state index in [-0.39, 0.29) is 5.75 Å². The van der Waals surface area contributed by atoms with Gasteiger partial charge in [0.2, 0.25) is 0 Å². The number of alkyl halides is 3. The van der Waals surface area contributed by atoms with Crippen LogP contribution in [0.5, 0.6) is 5.75 Å². The first kappa shape index (κ1) is 22.5. The molecule has 0 unspecified atom stereocenters. The molecular weight excluding hydrogens is 373 g/mol. The van der Waals surface area contributed by atoms with Crippen LogP contribution in [0.25, 0.3) is 0 Å². The van der Waals surface area contributed by atoms with Gasteiger partial charge in [0.1, 0.15) is 5.75 Å². The largest absolute Gasteiger partial charge is 0.573 e. The maximum Gasteiger partial charge on any atom is 0.573 e. The summed E-state index contributed by atoms with van der Waals surface area (Å²) in [6, 6.07) is 6.54. The molecule has 2 saturated carbocycles. The second-order valence-corrected chi connectivity index (χ2v) is 9.36. The maximum atomic E-state index is 12.3. The van der Waals surface area contributed by atoms with Gasteiger partial charge in [0, 0.05) is 0 Å². The van der Waals surface area contributed by atoms with Gasteiger partial charge in [-0.3, -0.25) is 0 Å². The van der Waals surface area contributed by atoms with Crippen molar-refractivity contribution in [2.45, 2.75) is 103 Å². The van der Waals surface area contributed by atoms with Crippen LogP contribution in [0.2, 0.25) is 0 Å². The van der Waals surface area contributed by atoms with E-state index in [1.807, 2.05) is 12.1 Å². The zero-order valence-electron chi connectivity index (χ0n) is 17.9. The van der Waals surface area contributed by atoms with Crippen LogP contribution in [0.1, 0.15) is 102 Å². The first-order chi connectivity index (χ1) is 13.9. The third-order valence-electron chi connectivity index (χ3n) is 7.38. The monoisotopic (exact) mass is 410 g/mol. The molecule has 29 heavy (non-hydrogen) atoms. The summed E-state index contributed by atoms with van der Waals surface area (Å²) in [6.07, 6.45) is 12.9. The first-order valence-corrected chi connectivity index (χ1v) is 11.8. The molecule has 0 heterocycles. The summed E-state index contributed by atoms with van der Waals surface area (Å²) in [5.41, 5.74) is 1.16. The summed E-state index contributed by atoms with van der Waals surface area (Å²) in [4.78, 5) is 0. The third kappa shape index (κ3) is 7.22. The van der Waals surface area contributed by atoms with Gasteiger partial charge in [-0.2, -0.15) is 0 Å². The molecule has 0 radical (unpaired) electrons. The molecule has 164 valence electrons. The summed E-state index contributed by atoms with van der Waals surface area (Å²) in [5.74, 6) is 3.10. The van der Waals surface area contributed by atoms with Crippen molar-refractivity contribution < 1.29 is 17.9 Å². The summed E-state index contributed by atoms with van der Waals surface area (Å²) in [5, 5.41) is 0. The average molecular weight is 411 g/mol. The summed E-state index contributed by atoms with van der Waals surface area (Å²) in [6.45, 7) is 2.28. The summed E-state index contributed by atoms with van der Waals surface area (Å²) < 4.78 is 40.9. The Hall–Kier alpha value is -1.19. The molecule has 0 bridgehead atoms. The molecule has 3 rings (SSSR count). The molecule has 1 aromatic carbocycles. The minimum atomic E-state index is -4.62. The Morgan fingerprint density at radius 3 is 1.93 bits per heavy atom. The molecule has 0 spiro atoms. The Labute approximate surface area is 174 Å². The van der Waals surface area contributed by atoms with Gasteiger partial charge in [-0.1, -0.05) is 64.0 Å². The first-order valence-electron chi connectivity index (χ1n) is 11.8. The third-order valence-corrected chi connectivity index (χ3v) is 7.38. The Balaban J connectivity index is 1.38. The number of hydrogen-bond acceptors (Lipinski definition) is 1. The van der Waals surface area contributed by atoms with Crippen molar-refractivity contribution in [1.82, 2.24) is 0 Å². The Kier molecular flexibility index (Phi) is 8.32. The van der Waals surface area contributed by atoms with Gasteiger partial charge in [-0.25, -0.2) is 0 Å². The van der Waals surface area contributed by atoms with Crippen molar-refractivity contribution in [3.8, 4) is 5.75 Å². The minimum Gasteiger partial charge on any atom is -0.406 e. The number of rotatable bonds is 8. The van der Waals surface area contributed by atoms with E-state index < -0.39 is 6.36 Å². The van der Waals surface area contributed by atoms with Gasteiger partial charge in [0.15, 0.2) is 0 Å². The van der Waals surface area contributed by atoms with E-state index in [9.17, 15) is 13.2 Å². The van der Waals surface area contributed by atoms with Gasteiger partial charge in [0.25, 0.3) is 0 Å². The number of hydrogen-bond donors (Lipinski definition) is 0. The van der Waals surface area contributed by atoms with Crippen molar-refractivity contribution in [3.05, 3.63) is 29.8 Å². The molecule has 1 nitrogen and oxygen atoms in total. The van der Waals surface area contributed by atoms with E-state index in [0.29, 0.717) is 5.92 Å². The highest BCUT2D eigenvalue weighted by atomic mass is 19.4. The van der Waals surface area contributed by atoms with Crippen LogP contribution in [-0.4, -0.2) is 6.36 Å². The fraction of sp³-hybridized carbons (Fsp3) is 0.760. The molecule has 0 saturated heterocycles. The molecule has 2 fully saturated rings. The molecule has 0 N–H and O–H groups in total. The molecule has 0 amide bonds. The van der Waals surface area contributed by atoms with Crippen LogP contribution >= 0.6 is 0 Å². The zero-order valence-corrected chi connectivity index (χ0v) is 17.9. The molecular formula is C25H37F3O. The van der Waals surface area contributed by atoms with Crippen molar-refractivity contribution >= 4 is 0 Å². The minimum absolute atomic E-state index is 0.124. The van der Waals surface area contributed by atoms with Crippen molar-refractivity contribution in [2.24, 2.45) is 17.8 Å². The quantitative estimate of drug-likeness (QED) is 0.390. The Bertz CT molecular complexity index is 579. The molecule has 2 aliphatic rings. The van der Waals surface area contributed by atoms with Crippen LogP contribution in [-0.2, 0) is 0 Å². The van der Waals surface area contributed by atoms with Crippen molar-refractivity contribution in [3.63, 3.8) is 0 Å². The van der Waals surface area contributed by atoms with Gasteiger partial charge in [-0.15, -0.1) is 13.2 Å². The highest BCUT2D eigenvalue weighted by Gasteiger charge is 2.32. The Morgan fingerprint density at radius 2 is 1.38 bits per heavy atom. The molecule has 0 aliphatic heterocycles. The van der Waals surface area contributed by atoms with Gasteiger partial charge >= 0.3 is 6.36 Å². The lowest BCUT2D eigenvalue weighted by Gasteiger charge is -2.38. The summed E-state index contributed by atoms with van der Waals surface area (Å²) >= 11 is 0. The lowest BCUT2D eigenvalue weighted by Crippen LogP contribution is -2.25. The number of unbranched alkanes of at least 4 members (excludes halogenated alkanes) is 3. The summed E-state index contributed by atoms with van der Waals surface area (Å²) in [7, 11) is 0. The highest BCUT2D eigenvalue weighted by Crippen LogP contribution is 2.44. The molecule has 0 atom stereocenters. The van der Waals surface area contributed by atoms with E-state index >= 15 is 0 Å². The van der Waals surface area contributed by atoms with E-state index in [0.717, 1.165) is 23.3 Å². The SMILES string of the molecule is CCCCCC[C@H]1CC[C@H](C2CCC(c3ccc(OC(F)(F)F)cc3)CC2)CC1. The highest BCUT2D eigenvalue weighted by molar-refractivity contribution is 5.29. The lowest BCUT2D eigenvalue weighted by atomic mass is 9.68. The fourth-order valence-electron chi connectivity index (χ4n) is 5.67. The predicted octanol–water partition coefficient (Wildman–Crippen LogP) is 8.64. The predicted molar refractivity (Wildman–Crippen MR) is 112 cm³/mol. The molecule has 4 heteroatoms. The van der Waals surface area contributed by atoms with E-state index in [4.69, 9.17) is 0 Å². The van der Waals surface area contributed by atoms with Crippen LogP contribution < -0.4 is 4.74 Å². The lowest BCUT2D eigenvalue weighted by molar-refractivity contribution is -0.274. The topological polar surface area (TPSA) is 9.23 Å². The molecule has 1 aromatic rings. The number of ether oxygens (including phenoxy) is 1. The van der Waals surface area contributed by atoms with Crippen LogP contribution in [0.3, 0.4) is 0 Å². The second kappa shape index (κ2) is 10.7. The number of halogens is 3. The molecule has 2 aliphatic carbocycles. The van der Waals surface area contributed by atoms with Crippen LogP contribution in [0.15, 0.2) is 24.3 Å². The van der Waals surface area contributed by atoms with Crippen LogP contribution in [0, 0.1) is 17.8 Å². The van der Waals surface area contributed by atoms with Crippen molar-refractivity contribution in [1.29, 1.82) is 0 Å². The Morgan fingerprint density at radius 1 is 0.793 bits per heavy atom.